The average Bonchev–Trinajstić information content (AvgIpc) is 2.70. The van der Waals surface area contributed by atoms with Gasteiger partial charge >= 0.3 is 14.0 Å². The third-order valence-electron chi connectivity index (χ3n) is 4.91. The standard InChI is InChI=1S/C19H20ClFN3O3P/c20-16-12-15(8-9-17(16)21)24-13-14-6-2-3-7-18(14)27-28(24,26)22-19(25)23-10-4-1-5-11-23/h2-3,6-9,12H,1,4-5,10-11,13H2,(H,22,25,26). The van der Waals surface area contributed by atoms with Crippen LogP contribution in [0.3, 0.4) is 0 Å². The largest absolute Gasteiger partial charge is 0.610 e. The van der Waals surface area contributed by atoms with Crippen molar-refractivity contribution in [2.45, 2.75) is 25.8 Å². The smallest absolute Gasteiger partial charge is 0.353 e. The number of likely N-dealkylation sites (tertiary alicyclic amines) is 1. The van der Waals surface area contributed by atoms with Crippen LogP contribution < -0.4 is 19.2 Å². The van der Waals surface area contributed by atoms with Crippen LogP contribution in [0.25, 0.3) is 0 Å². The van der Waals surface area contributed by atoms with Crippen molar-refractivity contribution in [3.63, 3.8) is 0 Å². The molecule has 1 saturated heterocycles. The maximum atomic E-state index is 13.8. The molecule has 2 aromatic rings. The number of nitrogens with zero attached hydrogens (tertiary/aromatic N) is 2. The zero-order valence-electron chi connectivity index (χ0n) is 15.1. The maximum absolute atomic E-state index is 13.8. The lowest BCUT2D eigenvalue weighted by Gasteiger charge is -2.42. The van der Waals surface area contributed by atoms with Crippen LogP contribution in [-0.4, -0.2) is 24.0 Å². The number of hydrogen-bond acceptors (Lipinski definition) is 4. The molecule has 2 aromatic carbocycles. The molecular formula is C19H20ClFN3O3P. The van der Waals surface area contributed by atoms with Crippen LogP contribution in [0.4, 0.5) is 14.9 Å². The minimum absolute atomic E-state index is 0.0923. The molecule has 1 fully saturated rings. The molecule has 0 bridgehead atoms. The Kier molecular flexibility index (Phi) is 5.32. The first-order valence-corrected chi connectivity index (χ1v) is 11.1. The van der Waals surface area contributed by atoms with Crippen molar-refractivity contribution in [2.24, 2.45) is 0 Å². The molecule has 0 radical (unpaired) electrons. The van der Waals surface area contributed by atoms with Gasteiger partial charge in [-0.1, -0.05) is 29.8 Å². The van der Waals surface area contributed by atoms with Gasteiger partial charge in [0.25, 0.3) is 0 Å². The van der Waals surface area contributed by atoms with Gasteiger partial charge in [-0.05, 0) is 43.5 Å². The SMILES string of the molecule is O=C(N[P+]1([O-])Oc2ccccc2CN1c1ccc(F)c(Cl)c1)N1CCCCC1. The lowest BCUT2D eigenvalue weighted by Crippen LogP contribution is -2.51. The third kappa shape index (κ3) is 3.75. The number of halogens is 2. The second kappa shape index (κ2) is 7.74. The molecule has 1 atom stereocenters. The quantitative estimate of drug-likeness (QED) is 0.738. The topological polar surface area (TPSA) is 67.9 Å². The van der Waals surface area contributed by atoms with E-state index in [-0.39, 0.29) is 11.6 Å². The van der Waals surface area contributed by atoms with E-state index in [0.29, 0.717) is 24.5 Å². The Labute approximate surface area is 168 Å². The second-order valence-corrected chi connectivity index (χ2v) is 9.18. The fourth-order valence-electron chi connectivity index (χ4n) is 3.42. The summed E-state index contributed by atoms with van der Waals surface area (Å²) >= 11 is 5.93. The van der Waals surface area contributed by atoms with Gasteiger partial charge in [-0.25, -0.2) is 9.18 Å². The maximum Gasteiger partial charge on any atom is 0.353 e. The van der Waals surface area contributed by atoms with Crippen molar-refractivity contribution < 1.29 is 18.6 Å². The average molecular weight is 424 g/mol. The van der Waals surface area contributed by atoms with E-state index < -0.39 is 19.9 Å². The predicted molar refractivity (Wildman–Crippen MR) is 106 cm³/mol. The lowest BCUT2D eigenvalue weighted by molar-refractivity contribution is -0.189. The number of rotatable bonds is 2. The van der Waals surface area contributed by atoms with Gasteiger partial charge in [0.2, 0.25) is 0 Å². The molecule has 28 heavy (non-hydrogen) atoms. The highest BCUT2D eigenvalue weighted by atomic mass is 35.5. The molecular weight excluding hydrogens is 404 g/mol. The number of urea groups is 1. The van der Waals surface area contributed by atoms with Crippen molar-refractivity contribution in [3.05, 3.63) is 58.9 Å². The molecule has 0 spiro atoms. The Morgan fingerprint density at radius 2 is 1.93 bits per heavy atom. The van der Waals surface area contributed by atoms with Crippen LogP contribution in [0.2, 0.25) is 5.02 Å². The van der Waals surface area contributed by atoms with Gasteiger partial charge in [-0.15, -0.1) is 0 Å². The normalized spacial score (nSPS) is 21.7. The van der Waals surface area contributed by atoms with Gasteiger partial charge in [-0.2, -0.15) is 9.76 Å². The van der Waals surface area contributed by atoms with E-state index in [4.69, 9.17) is 16.1 Å². The number of carbonyl (C=O) groups is 1. The van der Waals surface area contributed by atoms with Crippen LogP contribution in [0.1, 0.15) is 24.8 Å². The van der Waals surface area contributed by atoms with Gasteiger partial charge in [-0.3, -0.25) is 0 Å². The van der Waals surface area contributed by atoms with E-state index in [0.717, 1.165) is 24.8 Å². The Hall–Kier alpha value is -2.08. The van der Waals surface area contributed by atoms with Crippen molar-refractivity contribution in [2.75, 3.05) is 17.8 Å². The van der Waals surface area contributed by atoms with Crippen LogP contribution in [0.15, 0.2) is 42.5 Å². The first-order valence-electron chi connectivity index (χ1n) is 9.14. The summed E-state index contributed by atoms with van der Waals surface area (Å²) in [6.07, 6.45) is 2.91. The minimum atomic E-state index is -3.82. The number of para-hydroxylation sites is 1. The Bertz CT molecular complexity index is 896. The van der Waals surface area contributed by atoms with Gasteiger partial charge in [0.1, 0.15) is 5.82 Å². The number of carbonyl (C=O) groups excluding carboxylic acids is 1. The highest BCUT2D eigenvalue weighted by molar-refractivity contribution is 7.65. The highest BCUT2D eigenvalue weighted by Gasteiger charge is 2.46. The molecule has 1 unspecified atom stereocenters. The molecule has 4 rings (SSSR count). The van der Waals surface area contributed by atoms with Crippen LogP contribution >= 0.6 is 19.6 Å². The van der Waals surface area contributed by atoms with Crippen LogP contribution in [-0.2, 0) is 6.54 Å². The summed E-state index contributed by atoms with van der Waals surface area (Å²) in [7, 11) is -3.82. The molecule has 1 N–H and O–H groups in total. The summed E-state index contributed by atoms with van der Waals surface area (Å²) in [5, 5.41) is 2.51. The number of piperidine rings is 1. The van der Waals surface area contributed by atoms with Gasteiger partial charge in [0.05, 0.1) is 17.3 Å². The summed E-state index contributed by atoms with van der Waals surface area (Å²) < 4.78 is 20.9. The summed E-state index contributed by atoms with van der Waals surface area (Å²) in [5.74, 6) is -0.120. The molecule has 2 aliphatic rings. The zero-order valence-corrected chi connectivity index (χ0v) is 16.8. The van der Waals surface area contributed by atoms with E-state index in [1.54, 1.807) is 17.0 Å². The van der Waals surface area contributed by atoms with Crippen molar-refractivity contribution in [1.29, 1.82) is 0 Å². The van der Waals surface area contributed by atoms with E-state index >= 15 is 0 Å². The van der Waals surface area contributed by atoms with Crippen molar-refractivity contribution in [1.82, 2.24) is 9.99 Å². The van der Waals surface area contributed by atoms with Crippen molar-refractivity contribution >= 4 is 31.3 Å². The molecule has 9 heteroatoms. The molecule has 2 amide bonds. The molecule has 2 aliphatic heterocycles. The van der Waals surface area contributed by atoms with Crippen LogP contribution in [0.5, 0.6) is 5.75 Å². The van der Waals surface area contributed by atoms with E-state index in [9.17, 15) is 14.1 Å². The third-order valence-corrected chi connectivity index (χ3v) is 7.13. The number of benzene rings is 2. The number of fused-ring (bicyclic) bond motifs is 1. The van der Waals surface area contributed by atoms with E-state index in [2.05, 4.69) is 5.09 Å². The molecule has 0 aliphatic carbocycles. The Morgan fingerprint density at radius 1 is 1.18 bits per heavy atom. The molecule has 2 heterocycles. The summed E-state index contributed by atoms with van der Waals surface area (Å²) in [6.45, 7) is 1.46. The van der Waals surface area contributed by atoms with E-state index in [1.165, 1.54) is 22.9 Å². The van der Waals surface area contributed by atoms with Crippen LogP contribution in [0, 0.1) is 5.82 Å². The first-order chi connectivity index (χ1) is 13.5. The predicted octanol–water partition coefficient (Wildman–Crippen LogP) is 4.11. The van der Waals surface area contributed by atoms with Crippen molar-refractivity contribution in [3.8, 4) is 5.75 Å². The van der Waals surface area contributed by atoms with E-state index in [1.807, 2.05) is 12.1 Å². The lowest BCUT2D eigenvalue weighted by atomic mass is 10.1. The fourth-order valence-corrected chi connectivity index (χ4v) is 5.46. The van der Waals surface area contributed by atoms with Gasteiger partial charge in [0, 0.05) is 18.7 Å². The summed E-state index contributed by atoms with van der Waals surface area (Å²) in [5.41, 5.74) is 1.21. The zero-order chi connectivity index (χ0) is 19.7. The fraction of sp³-hybridized carbons (Fsp3) is 0.316. The number of amides is 2. The van der Waals surface area contributed by atoms with Gasteiger partial charge in [0.15, 0.2) is 5.75 Å². The minimum Gasteiger partial charge on any atom is -0.610 e. The highest BCUT2D eigenvalue weighted by Crippen LogP contribution is 2.58. The second-order valence-electron chi connectivity index (χ2n) is 6.84. The molecule has 0 aromatic heterocycles. The molecule has 6 nitrogen and oxygen atoms in total. The molecule has 0 saturated carbocycles. The molecule has 148 valence electrons. The number of hydrogen-bond donors (Lipinski definition) is 1. The monoisotopic (exact) mass is 423 g/mol. The van der Waals surface area contributed by atoms with Gasteiger partial charge < -0.3 is 14.3 Å². The number of anilines is 1. The summed E-state index contributed by atoms with van der Waals surface area (Å²) in [4.78, 5) is 28.2. The first kappa shape index (κ1) is 19.2. The summed E-state index contributed by atoms with van der Waals surface area (Å²) in [6, 6.07) is 10.8. The Morgan fingerprint density at radius 3 is 2.68 bits per heavy atom. The Balaban J connectivity index is 1.68. The number of nitrogens with one attached hydrogen (secondary N) is 1.